The standard InChI is InChI=1S/C19H28N8O/c1-15-20-8-7-16(21-15)25-11-13-27(14-12-25)18-22-17(23-19(24-18)28-2)26-9-5-3-4-6-10-26/h7-8H,3-6,9-14H2,1-2H3. The van der Waals surface area contributed by atoms with Crippen LogP contribution < -0.4 is 19.4 Å². The highest BCUT2D eigenvalue weighted by atomic mass is 16.5. The molecule has 2 saturated heterocycles. The number of methoxy groups -OCH3 is 1. The average molecular weight is 384 g/mol. The van der Waals surface area contributed by atoms with Crippen LogP contribution in [0.1, 0.15) is 31.5 Å². The van der Waals surface area contributed by atoms with Crippen LogP contribution in [0.4, 0.5) is 17.7 Å². The topological polar surface area (TPSA) is 83.4 Å². The number of ether oxygens (including phenoxy) is 1. The van der Waals surface area contributed by atoms with Crippen LogP contribution in [0.2, 0.25) is 0 Å². The smallest absolute Gasteiger partial charge is 0.322 e. The van der Waals surface area contributed by atoms with E-state index in [2.05, 4.69) is 34.6 Å². The number of rotatable bonds is 4. The van der Waals surface area contributed by atoms with Gasteiger partial charge < -0.3 is 19.4 Å². The summed E-state index contributed by atoms with van der Waals surface area (Å²) in [5, 5.41) is 0. The zero-order chi connectivity index (χ0) is 19.3. The Balaban J connectivity index is 1.49. The maximum Gasteiger partial charge on any atom is 0.322 e. The molecule has 150 valence electrons. The van der Waals surface area contributed by atoms with E-state index in [4.69, 9.17) is 9.72 Å². The van der Waals surface area contributed by atoms with Crippen molar-refractivity contribution < 1.29 is 4.74 Å². The van der Waals surface area contributed by atoms with Crippen LogP contribution in [0.15, 0.2) is 12.3 Å². The van der Waals surface area contributed by atoms with E-state index in [0.717, 1.165) is 56.9 Å². The molecule has 2 aromatic rings. The molecule has 0 amide bonds. The molecule has 2 aromatic heterocycles. The van der Waals surface area contributed by atoms with Gasteiger partial charge in [0.05, 0.1) is 7.11 Å². The summed E-state index contributed by atoms with van der Waals surface area (Å²) >= 11 is 0. The van der Waals surface area contributed by atoms with E-state index in [0.29, 0.717) is 12.0 Å². The molecule has 2 aliphatic rings. The van der Waals surface area contributed by atoms with Gasteiger partial charge in [-0.3, -0.25) is 0 Å². The van der Waals surface area contributed by atoms with E-state index in [-0.39, 0.29) is 0 Å². The summed E-state index contributed by atoms with van der Waals surface area (Å²) in [6.07, 6.45) is 6.72. The summed E-state index contributed by atoms with van der Waals surface area (Å²) < 4.78 is 5.37. The first-order chi connectivity index (χ1) is 13.7. The SMILES string of the molecule is COc1nc(N2CCCCCC2)nc(N2CCN(c3ccnc(C)n3)CC2)n1. The van der Waals surface area contributed by atoms with Crippen LogP contribution in [0.5, 0.6) is 6.01 Å². The highest BCUT2D eigenvalue weighted by Gasteiger charge is 2.23. The fourth-order valence-electron chi connectivity index (χ4n) is 3.74. The molecular formula is C19H28N8O. The Morgan fingerprint density at radius 2 is 1.36 bits per heavy atom. The number of hydrogen-bond donors (Lipinski definition) is 0. The van der Waals surface area contributed by atoms with Crippen LogP contribution in [0.25, 0.3) is 0 Å². The maximum atomic E-state index is 5.37. The number of nitrogens with zero attached hydrogens (tertiary/aromatic N) is 8. The summed E-state index contributed by atoms with van der Waals surface area (Å²) in [4.78, 5) is 29.3. The Morgan fingerprint density at radius 3 is 1.96 bits per heavy atom. The molecule has 0 saturated carbocycles. The van der Waals surface area contributed by atoms with Gasteiger partial charge >= 0.3 is 6.01 Å². The van der Waals surface area contributed by atoms with Crippen molar-refractivity contribution in [1.29, 1.82) is 0 Å². The van der Waals surface area contributed by atoms with Crippen molar-refractivity contribution in [3.05, 3.63) is 18.1 Å². The normalized spacial score (nSPS) is 18.1. The Kier molecular flexibility index (Phi) is 5.68. The average Bonchev–Trinajstić information content (AvgIpc) is 3.03. The second-order valence-electron chi connectivity index (χ2n) is 7.26. The van der Waals surface area contributed by atoms with Gasteiger partial charge in [-0.15, -0.1) is 0 Å². The number of aromatic nitrogens is 5. The van der Waals surface area contributed by atoms with E-state index in [1.807, 2.05) is 19.2 Å². The Labute approximate surface area is 165 Å². The van der Waals surface area contributed by atoms with Crippen LogP contribution in [0, 0.1) is 6.92 Å². The molecule has 0 radical (unpaired) electrons. The minimum atomic E-state index is 0.387. The van der Waals surface area contributed by atoms with Gasteiger partial charge in [-0.2, -0.15) is 15.0 Å². The molecule has 0 atom stereocenters. The highest BCUT2D eigenvalue weighted by molar-refractivity contribution is 5.44. The van der Waals surface area contributed by atoms with Crippen molar-refractivity contribution in [2.45, 2.75) is 32.6 Å². The van der Waals surface area contributed by atoms with Gasteiger partial charge in [0.2, 0.25) is 11.9 Å². The Bertz CT molecular complexity index is 785. The molecule has 2 aliphatic heterocycles. The fraction of sp³-hybridized carbons (Fsp3) is 0.632. The van der Waals surface area contributed by atoms with E-state index in [1.165, 1.54) is 25.7 Å². The van der Waals surface area contributed by atoms with Crippen molar-refractivity contribution in [3.8, 4) is 6.01 Å². The number of aryl methyl sites for hydroxylation is 1. The fourth-order valence-corrected chi connectivity index (χ4v) is 3.74. The van der Waals surface area contributed by atoms with Crippen molar-refractivity contribution in [3.63, 3.8) is 0 Å². The van der Waals surface area contributed by atoms with Crippen molar-refractivity contribution in [2.75, 3.05) is 61.1 Å². The number of anilines is 3. The van der Waals surface area contributed by atoms with Crippen molar-refractivity contribution >= 4 is 17.7 Å². The molecule has 0 aliphatic carbocycles. The van der Waals surface area contributed by atoms with Crippen LogP contribution in [-0.4, -0.2) is 71.3 Å². The summed E-state index contributed by atoms with van der Waals surface area (Å²) in [6, 6.07) is 2.35. The second kappa shape index (κ2) is 8.53. The van der Waals surface area contributed by atoms with Crippen molar-refractivity contribution in [2.24, 2.45) is 0 Å². The first kappa shape index (κ1) is 18.6. The van der Waals surface area contributed by atoms with Gasteiger partial charge in [0, 0.05) is 45.5 Å². The van der Waals surface area contributed by atoms with Gasteiger partial charge in [-0.05, 0) is 25.8 Å². The lowest BCUT2D eigenvalue weighted by molar-refractivity contribution is 0.377. The number of hydrogen-bond acceptors (Lipinski definition) is 9. The maximum absolute atomic E-state index is 5.37. The quantitative estimate of drug-likeness (QED) is 0.782. The predicted octanol–water partition coefficient (Wildman–Crippen LogP) is 1.69. The number of piperazine rings is 1. The van der Waals surface area contributed by atoms with E-state index < -0.39 is 0 Å². The summed E-state index contributed by atoms with van der Waals surface area (Å²) in [6.45, 7) is 7.29. The van der Waals surface area contributed by atoms with Gasteiger partial charge in [0.25, 0.3) is 0 Å². The lowest BCUT2D eigenvalue weighted by Crippen LogP contribution is -2.47. The third-order valence-corrected chi connectivity index (χ3v) is 5.31. The molecule has 2 fully saturated rings. The van der Waals surface area contributed by atoms with Crippen molar-refractivity contribution in [1.82, 2.24) is 24.9 Å². The molecular weight excluding hydrogens is 356 g/mol. The van der Waals surface area contributed by atoms with E-state index in [1.54, 1.807) is 7.11 Å². The molecule has 0 spiro atoms. The summed E-state index contributed by atoms with van der Waals surface area (Å²) in [7, 11) is 1.61. The minimum Gasteiger partial charge on any atom is -0.467 e. The van der Waals surface area contributed by atoms with Gasteiger partial charge in [0.15, 0.2) is 0 Å². The molecule has 4 heterocycles. The molecule has 4 rings (SSSR count). The Hall–Kier alpha value is -2.71. The third kappa shape index (κ3) is 4.23. The largest absolute Gasteiger partial charge is 0.467 e. The second-order valence-corrected chi connectivity index (χ2v) is 7.26. The first-order valence-electron chi connectivity index (χ1n) is 10.1. The molecule has 28 heavy (non-hydrogen) atoms. The molecule has 0 N–H and O–H groups in total. The predicted molar refractivity (Wildman–Crippen MR) is 108 cm³/mol. The van der Waals surface area contributed by atoms with Crippen LogP contribution in [-0.2, 0) is 0 Å². The van der Waals surface area contributed by atoms with Gasteiger partial charge in [0.1, 0.15) is 11.6 Å². The monoisotopic (exact) mass is 384 g/mol. The zero-order valence-electron chi connectivity index (χ0n) is 16.7. The lowest BCUT2D eigenvalue weighted by Gasteiger charge is -2.35. The third-order valence-electron chi connectivity index (χ3n) is 5.31. The Morgan fingerprint density at radius 1 is 0.750 bits per heavy atom. The highest BCUT2D eigenvalue weighted by Crippen LogP contribution is 2.22. The summed E-state index contributed by atoms with van der Waals surface area (Å²) in [5.41, 5.74) is 0. The summed E-state index contributed by atoms with van der Waals surface area (Å²) in [5.74, 6) is 3.21. The minimum absolute atomic E-state index is 0.387. The molecule has 9 nitrogen and oxygen atoms in total. The molecule has 0 bridgehead atoms. The van der Waals surface area contributed by atoms with Crippen LogP contribution in [0.3, 0.4) is 0 Å². The zero-order valence-corrected chi connectivity index (χ0v) is 16.7. The molecule has 0 aromatic carbocycles. The van der Waals surface area contributed by atoms with E-state index in [9.17, 15) is 0 Å². The lowest BCUT2D eigenvalue weighted by atomic mass is 10.2. The first-order valence-corrected chi connectivity index (χ1v) is 10.1. The molecule has 0 unspecified atom stereocenters. The van der Waals surface area contributed by atoms with E-state index >= 15 is 0 Å². The van der Waals surface area contributed by atoms with Crippen LogP contribution >= 0.6 is 0 Å². The molecule has 9 heteroatoms. The van der Waals surface area contributed by atoms with Gasteiger partial charge in [-0.1, -0.05) is 12.8 Å². The van der Waals surface area contributed by atoms with Gasteiger partial charge in [-0.25, -0.2) is 9.97 Å².